The number of hydrogen-bond donors (Lipinski definition) is 1. The Hall–Kier alpha value is -3.88. The summed E-state index contributed by atoms with van der Waals surface area (Å²) in [5, 5.41) is 11.8. The highest BCUT2D eigenvalue weighted by Crippen LogP contribution is 2.45. The van der Waals surface area contributed by atoms with Gasteiger partial charge in [0.05, 0.1) is 29.0 Å². The molecule has 1 saturated heterocycles. The first kappa shape index (κ1) is 37.4. The van der Waals surface area contributed by atoms with Crippen LogP contribution in [0.25, 0.3) is 11.0 Å². The van der Waals surface area contributed by atoms with Crippen LogP contribution < -0.4 is 10.1 Å². The number of benzene rings is 1. The van der Waals surface area contributed by atoms with Crippen LogP contribution in [0.2, 0.25) is 0 Å². The van der Waals surface area contributed by atoms with Crippen molar-refractivity contribution in [1.29, 1.82) is 0 Å². The van der Waals surface area contributed by atoms with Gasteiger partial charge in [-0.1, -0.05) is 56.4 Å². The number of amides is 1. The largest absolute Gasteiger partial charge is 0.472 e. The summed E-state index contributed by atoms with van der Waals surface area (Å²) >= 11 is 0. The molecule has 1 amide bonds. The third-order valence-electron chi connectivity index (χ3n) is 9.86. The van der Waals surface area contributed by atoms with Crippen LogP contribution in [0.15, 0.2) is 70.8 Å². The molecule has 1 N–H and O–H groups in total. The van der Waals surface area contributed by atoms with Gasteiger partial charge >= 0.3 is 0 Å². The Morgan fingerprint density at radius 2 is 1.94 bits per heavy atom. The molecule has 0 saturated carbocycles. The highest BCUT2D eigenvalue weighted by atomic mass is 32.2. The molecule has 1 fully saturated rings. The number of nitrogens with one attached hydrogen (secondary N) is 1. The molecule has 1 aromatic carbocycles. The van der Waals surface area contributed by atoms with Gasteiger partial charge in [0.15, 0.2) is 9.84 Å². The molecule has 14 heteroatoms. The molecule has 0 aliphatic carbocycles. The SMILES string of the molecule is C=C(C)/C(=C\C(=C/C)[C@@H](c1ccc2c(nnn2CC)c1C)C(C)(C)C(=O)NC1CCS(=O)(=O)C1)CN1C[C@@H](CC)Oc2ncccc2S1(=O)=O. The van der Waals surface area contributed by atoms with Crippen molar-refractivity contribution in [3.63, 3.8) is 0 Å². The number of nitrogens with zero attached hydrogens (tertiary/aromatic N) is 5. The predicted octanol–water partition coefficient (Wildman–Crippen LogP) is 4.88. The molecule has 2 aliphatic heterocycles. The van der Waals surface area contributed by atoms with Crippen LogP contribution in [0.5, 0.6) is 5.88 Å². The van der Waals surface area contributed by atoms with Gasteiger partial charge in [0.25, 0.3) is 0 Å². The summed E-state index contributed by atoms with van der Waals surface area (Å²) < 4.78 is 61.8. The average molecular weight is 725 g/mol. The van der Waals surface area contributed by atoms with Crippen molar-refractivity contribution in [2.24, 2.45) is 5.41 Å². The molecule has 12 nitrogen and oxygen atoms in total. The van der Waals surface area contributed by atoms with E-state index in [0.29, 0.717) is 30.5 Å². The number of carbonyl (C=O) groups excluding carboxylic acids is 1. The Morgan fingerprint density at radius 3 is 2.56 bits per heavy atom. The summed E-state index contributed by atoms with van der Waals surface area (Å²) in [7, 11) is -7.21. The van der Waals surface area contributed by atoms with Gasteiger partial charge in [0.2, 0.25) is 21.8 Å². The van der Waals surface area contributed by atoms with E-state index in [9.17, 15) is 21.6 Å². The van der Waals surface area contributed by atoms with E-state index in [0.717, 1.165) is 27.7 Å². The van der Waals surface area contributed by atoms with Crippen molar-refractivity contribution in [3.05, 3.63) is 77.0 Å². The van der Waals surface area contributed by atoms with Crippen molar-refractivity contribution in [2.45, 2.75) is 90.8 Å². The number of carbonyl (C=O) groups is 1. The molecular weight excluding hydrogens is 677 g/mol. The van der Waals surface area contributed by atoms with Gasteiger partial charge in [-0.05, 0) is 81.0 Å². The smallest absolute Gasteiger partial charge is 0.248 e. The second-order valence-electron chi connectivity index (χ2n) is 13.8. The van der Waals surface area contributed by atoms with E-state index in [2.05, 4.69) is 27.2 Å². The first-order valence-corrected chi connectivity index (χ1v) is 20.3. The summed E-state index contributed by atoms with van der Waals surface area (Å²) in [6.07, 6.45) is 5.91. The van der Waals surface area contributed by atoms with Gasteiger partial charge < -0.3 is 10.1 Å². The summed E-state index contributed by atoms with van der Waals surface area (Å²) in [5.41, 5.74) is 4.33. The zero-order valence-corrected chi connectivity index (χ0v) is 31.6. The quantitative estimate of drug-likeness (QED) is 0.273. The van der Waals surface area contributed by atoms with Crippen LogP contribution in [-0.4, -0.2) is 83.8 Å². The van der Waals surface area contributed by atoms with Crippen LogP contribution in [0.3, 0.4) is 0 Å². The van der Waals surface area contributed by atoms with E-state index >= 15 is 0 Å². The Bertz CT molecular complexity index is 2080. The second kappa shape index (κ2) is 14.4. The average Bonchev–Trinajstić information content (AvgIpc) is 3.62. The van der Waals surface area contributed by atoms with Gasteiger partial charge in [0.1, 0.15) is 16.5 Å². The fourth-order valence-electron chi connectivity index (χ4n) is 6.84. The summed E-state index contributed by atoms with van der Waals surface area (Å²) in [6, 6.07) is 6.56. The topological polar surface area (TPSA) is 153 Å². The van der Waals surface area contributed by atoms with E-state index in [-0.39, 0.29) is 41.3 Å². The number of fused-ring (bicyclic) bond motifs is 2. The number of rotatable bonds is 11. The monoisotopic (exact) mass is 724 g/mol. The number of aryl methyl sites for hydroxylation is 2. The maximum Gasteiger partial charge on any atom is 0.248 e. The number of allylic oxidation sites excluding steroid dienone is 3. The van der Waals surface area contributed by atoms with Gasteiger partial charge in [0, 0.05) is 31.2 Å². The maximum absolute atomic E-state index is 14.2. The minimum Gasteiger partial charge on any atom is -0.472 e. The lowest BCUT2D eigenvalue weighted by atomic mass is 9.68. The lowest BCUT2D eigenvalue weighted by molar-refractivity contribution is -0.130. The Labute approximate surface area is 295 Å². The Morgan fingerprint density at radius 1 is 1.20 bits per heavy atom. The molecule has 50 heavy (non-hydrogen) atoms. The molecular formula is C36H48N6O6S2. The van der Waals surface area contributed by atoms with E-state index in [1.165, 1.54) is 16.6 Å². The molecule has 2 aromatic heterocycles. The predicted molar refractivity (Wildman–Crippen MR) is 194 cm³/mol. The fraction of sp³-hybridized carbons (Fsp3) is 0.500. The molecule has 1 unspecified atom stereocenters. The van der Waals surface area contributed by atoms with Crippen LogP contribution in [0.1, 0.15) is 71.4 Å². The van der Waals surface area contributed by atoms with Crippen molar-refractivity contribution < 1.29 is 26.4 Å². The minimum absolute atomic E-state index is 0.0110. The van der Waals surface area contributed by atoms with E-state index in [4.69, 9.17) is 4.74 Å². The molecule has 3 aromatic rings. The molecule has 0 radical (unpaired) electrons. The first-order chi connectivity index (χ1) is 23.5. The van der Waals surface area contributed by atoms with Crippen molar-refractivity contribution in [1.82, 2.24) is 29.6 Å². The number of sulfonamides is 1. The Kier molecular flexibility index (Phi) is 10.8. The van der Waals surface area contributed by atoms with E-state index < -0.39 is 43.3 Å². The van der Waals surface area contributed by atoms with Crippen LogP contribution in [0.4, 0.5) is 0 Å². The molecule has 5 rings (SSSR count). The minimum atomic E-state index is -3.99. The van der Waals surface area contributed by atoms with Gasteiger partial charge in [-0.2, -0.15) is 4.31 Å². The van der Waals surface area contributed by atoms with Crippen molar-refractivity contribution >= 4 is 36.8 Å². The number of hydrogen-bond acceptors (Lipinski definition) is 9. The third kappa shape index (κ3) is 7.28. The van der Waals surface area contributed by atoms with Gasteiger partial charge in [-0.25, -0.2) is 26.5 Å². The lowest BCUT2D eigenvalue weighted by Gasteiger charge is -2.36. The standard InChI is InChI=1S/C36H48N6O6S2/c1-9-25(19-26(23(4)5)20-41-21-28(10-2)48-34-31(50(41,46)47)13-12-17-37-34)32(29-14-15-30-33(24(29)6)39-40-42(30)11-3)36(7,8)35(43)38-27-16-18-49(44,45)22-27/h9,12-15,17,19,27-28,32H,4,10-11,16,18,20-22H2,1-3,5-8H3,(H,38,43)/b25-9+,26-19-/t27?,28-,32+/m1/s1. The summed E-state index contributed by atoms with van der Waals surface area (Å²) in [5.74, 6) is -0.793. The zero-order chi connectivity index (χ0) is 36.6. The maximum atomic E-state index is 14.2. The number of aromatic nitrogens is 4. The number of sulfone groups is 1. The molecule has 4 heterocycles. The summed E-state index contributed by atoms with van der Waals surface area (Å²) in [6.45, 7) is 18.3. The van der Waals surface area contributed by atoms with Gasteiger partial charge in [-0.15, -0.1) is 5.10 Å². The van der Waals surface area contributed by atoms with Crippen LogP contribution >= 0.6 is 0 Å². The zero-order valence-electron chi connectivity index (χ0n) is 29.9. The van der Waals surface area contributed by atoms with Crippen molar-refractivity contribution in [3.8, 4) is 5.88 Å². The molecule has 270 valence electrons. The highest BCUT2D eigenvalue weighted by Gasteiger charge is 2.43. The molecule has 2 aliphatic rings. The molecule has 0 bridgehead atoms. The third-order valence-corrected chi connectivity index (χ3v) is 13.5. The highest BCUT2D eigenvalue weighted by molar-refractivity contribution is 7.91. The summed E-state index contributed by atoms with van der Waals surface area (Å²) in [4.78, 5) is 18.5. The number of ether oxygens (including phenoxy) is 1. The normalized spacial score (nSPS) is 21.7. The van der Waals surface area contributed by atoms with E-state index in [1.807, 2.05) is 77.4 Å². The number of pyridine rings is 1. The van der Waals surface area contributed by atoms with Crippen molar-refractivity contribution in [2.75, 3.05) is 24.6 Å². The van der Waals surface area contributed by atoms with Gasteiger partial charge in [-0.3, -0.25) is 4.79 Å². The fourth-order valence-corrected chi connectivity index (χ4v) is 10.0. The van der Waals surface area contributed by atoms with E-state index in [1.54, 1.807) is 6.07 Å². The molecule has 3 atom stereocenters. The van der Waals surface area contributed by atoms with Crippen LogP contribution in [0, 0.1) is 12.3 Å². The Balaban J connectivity index is 1.61. The van der Waals surface area contributed by atoms with Crippen LogP contribution in [-0.2, 0) is 31.2 Å². The second-order valence-corrected chi connectivity index (χ2v) is 17.9. The lowest BCUT2D eigenvalue weighted by Crippen LogP contribution is -2.46. The first-order valence-electron chi connectivity index (χ1n) is 17.0. The molecule has 0 spiro atoms.